The van der Waals surface area contributed by atoms with Crippen LogP contribution in [0, 0.1) is 6.92 Å². The van der Waals surface area contributed by atoms with E-state index >= 15 is 0 Å². The molecule has 0 spiro atoms. The Kier molecular flexibility index (Phi) is 4.44. The molecule has 2 aromatic carbocycles. The molecular weight excluding hydrogens is 284 g/mol. The summed E-state index contributed by atoms with van der Waals surface area (Å²) in [5, 5.41) is 4.64. The third kappa shape index (κ3) is 3.79. The average molecular weight is 306 g/mol. The summed E-state index contributed by atoms with van der Waals surface area (Å²) in [6.45, 7) is 3.72. The molecule has 118 valence electrons. The molecule has 0 saturated heterocycles. The van der Waals surface area contributed by atoms with Crippen molar-refractivity contribution in [1.82, 2.24) is 14.7 Å². The van der Waals surface area contributed by atoms with E-state index in [1.807, 2.05) is 24.3 Å². The lowest BCUT2D eigenvalue weighted by Crippen LogP contribution is -2.17. The summed E-state index contributed by atoms with van der Waals surface area (Å²) in [5.41, 5.74) is 10.6. The van der Waals surface area contributed by atoms with Crippen molar-refractivity contribution in [3.05, 3.63) is 77.5 Å². The smallest absolute Gasteiger partial charge is 0.127 e. The molecule has 0 radical (unpaired) electrons. The van der Waals surface area contributed by atoms with Gasteiger partial charge in [-0.25, -0.2) is 4.68 Å². The van der Waals surface area contributed by atoms with Crippen molar-refractivity contribution in [1.29, 1.82) is 0 Å². The van der Waals surface area contributed by atoms with E-state index in [0.717, 1.165) is 24.5 Å². The van der Waals surface area contributed by atoms with E-state index in [0.29, 0.717) is 5.82 Å². The molecule has 4 nitrogen and oxygen atoms in total. The molecule has 23 heavy (non-hydrogen) atoms. The molecular formula is C19H22N4. The van der Waals surface area contributed by atoms with Crippen molar-refractivity contribution in [2.75, 3.05) is 12.8 Å². The molecule has 1 heterocycles. The second-order valence-corrected chi connectivity index (χ2v) is 5.97. The van der Waals surface area contributed by atoms with Gasteiger partial charge in [-0.1, -0.05) is 48.0 Å². The number of aryl methyl sites for hydroxylation is 1. The Bertz CT molecular complexity index is 760. The average Bonchev–Trinajstić information content (AvgIpc) is 2.89. The minimum absolute atomic E-state index is 0.664. The molecule has 4 heteroatoms. The Balaban J connectivity index is 1.72. The summed E-state index contributed by atoms with van der Waals surface area (Å²) in [6.07, 6.45) is 0. The van der Waals surface area contributed by atoms with E-state index in [9.17, 15) is 0 Å². The van der Waals surface area contributed by atoms with Crippen LogP contribution in [0.5, 0.6) is 0 Å². The molecule has 0 saturated carbocycles. The lowest BCUT2D eigenvalue weighted by Gasteiger charge is -2.15. The molecule has 0 unspecified atom stereocenters. The normalized spacial score (nSPS) is 11.1. The summed E-state index contributed by atoms with van der Waals surface area (Å²) in [4.78, 5) is 2.23. The zero-order valence-electron chi connectivity index (χ0n) is 13.6. The highest BCUT2D eigenvalue weighted by Crippen LogP contribution is 2.16. The van der Waals surface area contributed by atoms with Gasteiger partial charge in [-0.15, -0.1) is 0 Å². The lowest BCUT2D eigenvalue weighted by molar-refractivity contribution is 0.314. The van der Waals surface area contributed by atoms with Crippen molar-refractivity contribution < 1.29 is 0 Å². The number of rotatable bonds is 5. The summed E-state index contributed by atoms with van der Waals surface area (Å²) < 4.78 is 1.80. The molecule has 3 rings (SSSR count). The third-order valence-corrected chi connectivity index (χ3v) is 3.79. The maximum absolute atomic E-state index is 6.12. The molecule has 0 amide bonds. The quantitative estimate of drug-likeness (QED) is 0.786. The van der Waals surface area contributed by atoms with Gasteiger partial charge in [-0.2, -0.15) is 5.10 Å². The molecule has 0 aliphatic heterocycles. The Morgan fingerprint density at radius 3 is 2.39 bits per heavy atom. The van der Waals surface area contributed by atoms with Crippen molar-refractivity contribution >= 4 is 5.82 Å². The van der Waals surface area contributed by atoms with E-state index in [4.69, 9.17) is 5.73 Å². The van der Waals surface area contributed by atoms with Crippen molar-refractivity contribution in [2.24, 2.45) is 0 Å². The third-order valence-electron chi connectivity index (χ3n) is 3.79. The Morgan fingerprint density at radius 1 is 1.00 bits per heavy atom. The summed E-state index contributed by atoms with van der Waals surface area (Å²) in [5.74, 6) is 0.664. The molecule has 3 aromatic rings. The van der Waals surface area contributed by atoms with Crippen LogP contribution < -0.4 is 5.73 Å². The van der Waals surface area contributed by atoms with Gasteiger partial charge in [0.2, 0.25) is 0 Å². The zero-order valence-corrected chi connectivity index (χ0v) is 13.6. The molecule has 0 atom stereocenters. The number of nitrogen functional groups attached to an aromatic ring is 1. The van der Waals surface area contributed by atoms with Crippen LogP contribution in [0.25, 0.3) is 5.69 Å². The zero-order chi connectivity index (χ0) is 16.2. The second-order valence-electron chi connectivity index (χ2n) is 5.97. The van der Waals surface area contributed by atoms with Crippen LogP contribution in [-0.4, -0.2) is 21.7 Å². The first-order valence-electron chi connectivity index (χ1n) is 7.76. The summed E-state index contributed by atoms with van der Waals surface area (Å²) >= 11 is 0. The number of benzene rings is 2. The van der Waals surface area contributed by atoms with Gasteiger partial charge in [-0.05, 0) is 31.7 Å². The standard InChI is InChI=1S/C19H22N4/c1-15-8-10-18(11-9-15)23-19(20)12-17(21-23)14-22(2)13-16-6-4-3-5-7-16/h3-12H,13-14,20H2,1-2H3. The van der Waals surface area contributed by atoms with Crippen LogP contribution in [-0.2, 0) is 13.1 Å². The summed E-state index contributed by atoms with van der Waals surface area (Å²) in [7, 11) is 2.09. The number of nitrogens with two attached hydrogens (primary N) is 1. The molecule has 0 aliphatic rings. The topological polar surface area (TPSA) is 47.1 Å². The number of aromatic nitrogens is 2. The fraction of sp³-hybridized carbons (Fsp3) is 0.211. The highest BCUT2D eigenvalue weighted by Gasteiger charge is 2.09. The van der Waals surface area contributed by atoms with Crippen LogP contribution >= 0.6 is 0 Å². The Hall–Kier alpha value is -2.59. The van der Waals surface area contributed by atoms with Crippen LogP contribution in [0.3, 0.4) is 0 Å². The minimum atomic E-state index is 0.664. The maximum atomic E-state index is 6.12. The van der Waals surface area contributed by atoms with Gasteiger partial charge in [0, 0.05) is 19.2 Å². The van der Waals surface area contributed by atoms with E-state index in [1.54, 1.807) is 4.68 Å². The monoisotopic (exact) mass is 306 g/mol. The number of hydrogen-bond donors (Lipinski definition) is 1. The van der Waals surface area contributed by atoms with Crippen LogP contribution in [0.1, 0.15) is 16.8 Å². The van der Waals surface area contributed by atoms with Crippen molar-refractivity contribution in [3.63, 3.8) is 0 Å². The van der Waals surface area contributed by atoms with Crippen LogP contribution in [0.4, 0.5) is 5.82 Å². The van der Waals surface area contributed by atoms with E-state index in [2.05, 4.69) is 60.4 Å². The highest BCUT2D eigenvalue weighted by molar-refractivity contribution is 5.43. The van der Waals surface area contributed by atoms with Crippen molar-refractivity contribution in [2.45, 2.75) is 20.0 Å². The van der Waals surface area contributed by atoms with Gasteiger partial charge in [0.15, 0.2) is 0 Å². The lowest BCUT2D eigenvalue weighted by atomic mass is 10.2. The van der Waals surface area contributed by atoms with E-state index in [1.165, 1.54) is 11.1 Å². The first-order valence-corrected chi connectivity index (χ1v) is 7.76. The molecule has 0 bridgehead atoms. The SMILES string of the molecule is Cc1ccc(-n2nc(CN(C)Cc3ccccc3)cc2N)cc1. The fourth-order valence-electron chi connectivity index (χ4n) is 2.64. The highest BCUT2D eigenvalue weighted by atomic mass is 15.3. The fourth-order valence-corrected chi connectivity index (χ4v) is 2.64. The molecule has 0 fully saturated rings. The van der Waals surface area contributed by atoms with Crippen LogP contribution in [0.15, 0.2) is 60.7 Å². The Labute approximate surface area is 137 Å². The Morgan fingerprint density at radius 2 is 1.70 bits per heavy atom. The van der Waals surface area contributed by atoms with E-state index in [-0.39, 0.29) is 0 Å². The van der Waals surface area contributed by atoms with Gasteiger partial charge in [0.05, 0.1) is 11.4 Å². The predicted molar refractivity (Wildman–Crippen MR) is 94.3 cm³/mol. The summed E-state index contributed by atoms with van der Waals surface area (Å²) in [6, 6.07) is 20.6. The number of hydrogen-bond acceptors (Lipinski definition) is 3. The maximum Gasteiger partial charge on any atom is 0.127 e. The number of nitrogens with zero attached hydrogens (tertiary/aromatic N) is 3. The van der Waals surface area contributed by atoms with Gasteiger partial charge in [-0.3, -0.25) is 4.90 Å². The predicted octanol–water partition coefficient (Wildman–Crippen LogP) is 3.39. The first kappa shape index (κ1) is 15.3. The van der Waals surface area contributed by atoms with Crippen LogP contribution in [0.2, 0.25) is 0 Å². The first-order chi connectivity index (χ1) is 11.1. The number of anilines is 1. The van der Waals surface area contributed by atoms with Crippen molar-refractivity contribution in [3.8, 4) is 5.69 Å². The van der Waals surface area contributed by atoms with Gasteiger partial charge in [0.1, 0.15) is 5.82 Å². The second kappa shape index (κ2) is 6.67. The molecule has 0 aliphatic carbocycles. The minimum Gasteiger partial charge on any atom is -0.384 e. The van der Waals surface area contributed by atoms with Gasteiger partial charge >= 0.3 is 0 Å². The van der Waals surface area contributed by atoms with Gasteiger partial charge in [0.25, 0.3) is 0 Å². The largest absolute Gasteiger partial charge is 0.384 e. The van der Waals surface area contributed by atoms with E-state index < -0.39 is 0 Å². The van der Waals surface area contributed by atoms with Gasteiger partial charge < -0.3 is 5.73 Å². The molecule has 1 aromatic heterocycles. The molecule has 2 N–H and O–H groups in total.